The SMILES string of the molecule is CC/C=C\C/C=C\C/C=C\C/C=C\C/C=C\CCCC(=O)OC[C@H](COC(=O)CCCCCCCCCCCCC/C=C\CCCCCCCC)OC(=O)CCCCCCCCCCCCCCC. The van der Waals surface area contributed by atoms with E-state index in [4.69, 9.17) is 14.2 Å². The molecule has 6 heteroatoms. The van der Waals surface area contributed by atoms with Crippen molar-refractivity contribution in [1.29, 1.82) is 0 Å². The third-order valence-corrected chi connectivity index (χ3v) is 12.7. The summed E-state index contributed by atoms with van der Waals surface area (Å²) in [6.07, 6.45) is 73.3. The number of ether oxygens (including phenoxy) is 3. The highest BCUT2D eigenvalue weighted by Crippen LogP contribution is 2.16. The van der Waals surface area contributed by atoms with Gasteiger partial charge in [0.05, 0.1) is 0 Å². The average molecular weight is 964 g/mol. The maximum absolute atomic E-state index is 12.8. The van der Waals surface area contributed by atoms with Crippen molar-refractivity contribution in [2.75, 3.05) is 13.2 Å². The Morgan fingerprint density at radius 1 is 0.304 bits per heavy atom. The molecule has 0 fully saturated rings. The van der Waals surface area contributed by atoms with Crippen LogP contribution in [0.1, 0.15) is 290 Å². The number of hydrogen-bond donors (Lipinski definition) is 0. The summed E-state index contributed by atoms with van der Waals surface area (Å²) in [6, 6.07) is 0. The van der Waals surface area contributed by atoms with Gasteiger partial charge < -0.3 is 14.2 Å². The predicted molar refractivity (Wildman–Crippen MR) is 298 cm³/mol. The van der Waals surface area contributed by atoms with E-state index in [0.29, 0.717) is 19.3 Å². The summed E-state index contributed by atoms with van der Waals surface area (Å²) in [5, 5.41) is 0. The van der Waals surface area contributed by atoms with Gasteiger partial charge in [0.2, 0.25) is 0 Å². The van der Waals surface area contributed by atoms with Crippen molar-refractivity contribution in [3.8, 4) is 0 Å². The van der Waals surface area contributed by atoms with Crippen molar-refractivity contribution in [2.24, 2.45) is 0 Å². The molecule has 0 aromatic rings. The Morgan fingerprint density at radius 2 is 0.580 bits per heavy atom. The third kappa shape index (κ3) is 55.6. The maximum Gasteiger partial charge on any atom is 0.306 e. The fourth-order valence-electron chi connectivity index (χ4n) is 8.30. The minimum atomic E-state index is -0.796. The molecule has 398 valence electrons. The third-order valence-electron chi connectivity index (χ3n) is 12.7. The van der Waals surface area contributed by atoms with Crippen LogP contribution in [0.5, 0.6) is 0 Å². The molecule has 0 aliphatic carbocycles. The summed E-state index contributed by atoms with van der Waals surface area (Å²) in [6.45, 7) is 6.50. The summed E-state index contributed by atoms with van der Waals surface area (Å²) in [5.41, 5.74) is 0. The van der Waals surface area contributed by atoms with Crippen LogP contribution in [0, 0.1) is 0 Å². The van der Waals surface area contributed by atoms with Crippen LogP contribution in [0.2, 0.25) is 0 Å². The Kier molecular flexibility index (Phi) is 54.8. The van der Waals surface area contributed by atoms with Crippen LogP contribution in [-0.2, 0) is 28.6 Å². The molecule has 0 saturated carbocycles. The molecule has 0 amide bonds. The highest BCUT2D eigenvalue weighted by atomic mass is 16.6. The first-order chi connectivity index (χ1) is 34.0. The van der Waals surface area contributed by atoms with Crippen molar-refractivity contribution in [2.45, 2.75) is 297 Å². The lowest BCUT2D eigenvalue weighted by atomic mass is 10.0. The Hall–Kier alpha value is -3.15. The molecule has 0 radical (unpaired) electrons. The molecule has 0 spiro atoms. The number of allylic oxidation sites excluding steroid dienone is 12. The van der Waals surface area contributed by atoms with E-state index < -0.39 is 6.10 Å². The lowest BCUT2D eigenvalue weighted by Gasteiger charge is -2.18. The molecule has 6 nitrogen and oxygen atoms in total. The first kappa shape index (κ1) is 65.8. The smallest absolute Gasteiger partial charge is 0.306 e. The van der Waals surface area contributed by atoms with Crippen LogP contribution >= 0.6 is 0 Å². The predicted octanol–water partition coefficient (Wildman–Crippen LogP) is 19.8. The lowest BCUT2D eigenvalue weighted by Crippen LogP contribution is -2.30. The fraction of sp³-hybridized carbons (Fsp3) is 0.762. The monoisotopic (exact) mass is 963 g/mol. The van der Waals surface area contributed by atoms with Gasteiger partial charge in [0.25, 0.3) is 0 Å². The highest BCUT2D eigenvalue weighted by Gasteiger charge is 2.19. The van der Waals surface area contributed by atoms with Gasteiger partial charge in [0.15, 0.2) is 6.10 Å². The summed E-state index contributed by atoms with van der Waals surface area (Å²) in [4.78, 5) is 38.1. The molecule has 0 aromatic carbocycles. The van der Waals surface area contributed by atoms with Crippen LogP contribution in [0.3, 0.4) is 0 Å². The van der Waals surface area contributed by atoms with E-state index in [9.17, 15) is 14.4 Å². The van der Waals surface area contributed by atoms with Crippen LogP contribution in [0.25, 0.3) is 0 Å². The number of esters is 3. The quantitative estimate of drug-likeness (QED) is 0.0262. The van der Waals surface area contributed by atoms with Crippen molar-refractivity contribution in [3.05, 3.63) is 72.9 Å². The minimum absolute atomic E-state index is 0.0908. The van der Waals surface area contributed by atoms with Gasteiger partial charge in [0, 0.05) is 19.3 Å². The molecule has 0 aromatic heterocycles. The van der Waals surface area contributed by atoms with E-state index in [0.717, 1.165) is 77.0 Å². The molecule has 0 rings (SSSR count). The van der Waals surface area contributed by atoms with Crippen molar-refractivity contribution < 1.29 is 28.6 Å². The zero-order valence-corrected chi connectivity index (χ0v) is 45.6. The number of rotatable bonds is 53. The molecule has 0 bridgehead atoms. The zero-order valence-electron chi connectivity index (χ0n) is 45.6. The van der Waals surface area contributed by atoms with Gasteiger partial charge in [-0.15, -0.1) is 0 Å². The standard InChI is InChI=1S/C63H110O6/c1-4-7-10-13-16-19-22-25-27-29-30-31-32-34-36-39-41-44-47-50-53-56-62(65)68-59-60(69-63(66)57-54-51-48-45-42-37-24-21-18-15-12-9-6-3)58-67-61(64)55-52-49-46-43-40-38-35-33-28-26-23-20-17-14-11-8-5-2/h8,11,17,20,25-28,35,38,43,46,60H,4-7,9-10,12-16,18-19,21-24,29-34,36-37,39-42,44-45,47-59H2,1-3H3/b11-8-,20-17-,27-25-,28-26-,38-35-,46-43-/t60-/m1/s1. The van der Waals surface area contributed by atoms with E-state index in [-0.39, 0.29) is 37.5 Å². The largest absolute Gasteiger partial charge is 0.462 e. The minimum Gasteiger partial charge on any atom is -0.462 e. The zero-order chi connectivity index (χ0) is 50.0. The average Bonchev–Trinajstić information content (AvgIpc) is 3.35. The highest BCUT2D eigenvalue weighted by molar-refractivity contribution is 5.71. The normalized spacial score (nSPS) is 12.6. The van der Waals surface area contributed by atoms with Crippen molar-refractivity contribution in [3.63, 3.8) is 0 Å². The molecule has 0 aliphatic rings. The Morgan fingerprint density at radius 3 is 0.957 bits per heavy atom. The molecular formula is C63H110O6. The molecule has 0 heterocycles. The van der Waals surface area contributed by atoms with Crippen LogP contribution in [0.15, 0.2) is 72.9 Å². The first-order valence-electron chi connectivity index (χ1n) is 29.4. The molecule has 0 aliphatic heterocycles. The van der Waals surface area contributed by atoms with Gasteiger partial charge in [-0.2, -0.15) is 0 Å². The fourth-order valence-corrected chi connectivity index (χ4v) is 8.30. The molecular weight excluding hydrogens is 853 g/mol. The summed E-state index contributed by atoms with van der Waals surface area (Å²) < 4.78 is 16.8. The second-order valence-electron chi connectivity index (χ2n) is 19.5. The van der Waals surface area contributed by atoms with Crippen molar-refractivity contribution in [1.82, 2.24) is 0 Å². The van der Waals surface area contributed by atoms with Crippen LogP contribution in [0.4, 0.5) is 0 Å². The van der Waals surface area contributed by atoms with E-state index in [1.807, 2.05) is 0 Å². The first-order valence-corrected chi connectivity index (χ1v) is 29.4. The Bertz CT molecular complexity index is 1290. The molecule has 0 saturated heterocycles. The molecule has 1 atom stereocenters. The van der Waals surface area contributed by atoms with Gasteiger partial charge in [0.1, 0.15) is 13.2 Å². The van der Waals surface area contributed by atoms with E-state index >= 15 is 0 Å². The lowest BCUT2D eigenvalue weighted by molar-refractivity contribution is -0.167. The van der Waals surface area contributed by atoms with Gasteiger partial charge in [-0.3, -0.25) is 14.4 Å². The maximum atomic E-state index is 12.8. The number of unbranched alkanes of at least 4 members (excludes halogenated alkanes) is 30. The van der Waals surface area contributed by atoms with E-state index in [1.165, 1.54) is 167 Å². The Labute approximate surface area is 427 Å². The van der Waals surface area contributed by atoms with Gasteiger partial charge in [-0.05, 0) is 83.5 Å². The topological polar surface area (TPSA) is 78.9 Å². The molecule has 0 N–H and O–H groups in total. The second kappa shape index (κ2) is 57.4. The molecule has 0 unspecified atom stereocenters. The van der Waals surface area contributed by atoms with Gasteiger partial charge in [-0.25, -0.2) is 0 Å². The van der Waals surface area contributed by atoms with Crippen molar-refractivity contribution >= 4 is 17.9 Å². The second-order valence-corrected chi connectivity index (χ2v) is 19.5. The van der Waals surface area contributed by atoms with E-state index in [2.05, 4.69) is 93.7 Å². The van der Waals surface area contributed by atoms with Gasteiger partial charge in [-0.1, -0.05) is 261 Å². The number of carbonyl (C=O) groups excluding carboxylic acids is 3. The van der Waals surface area contributed by atoms with Crippen LogP contribution < -0.4 is 0 Å². The van der Waals surface area contributed by atoms with Gasteiger partial charge >= 0.3 is 17.9 Å². The summed E-state index contributed by atoms with van der Waals surface area (Å²) >= 11 is 0. The molecule has 69 heavy (non-hydrogen) atoms. The number of carbonyl (C=O) groups is 3. The number of hydrogen-bond acceptors (Lipinski definition) is 6. The summed E-state index contributed by atoms with van der Waals surface area (Å²) in [7, 11) is 0. The Balaban J connectivity index is 4.38. The van der Waals surface area contributed by atoms with E-state index in [1.54, 1.807) is 0 Å². The van der Waals surface area contributed by atoms with Crippen LogP contribution in [-0.4, -0.2) is 37.2 Å². The summed E-state index contributed by atoms with van der Waals surface area (Å²) in [5.74, 6) is -0.942.